The molecule has 1 unspecified atom stereocenters. The summed E-state index contributed by atoms with van der Waals surface area (Å²) in [6, 6.07) is 16.1. The third-order valence-corrected chi connectivity index (χ3v) is 6.17. The molecule has 3 aromatic carbocycles. The Balaban J connectivity index is 1.94. The average Bonchev–Trinajstić information content (AvgIpc) is 2.81. The molecule has 1 atom stereocenters. The number of hydrogen-bond acceptors (Lipinski definition) is 3. The van der Waals surface area contributed by atoms with Crippen molar-refractivity contribution in [3.63, 3.8) is 0 Å². The zero-order chi connectivity index (χ0) is 24.9. The average molecular weight is 492 g/mol. The highest BCUT2D eigenvalue weighted by Gasteiger charge is 2.34. The summed E-state index contributed by atoms with van der Waals surface area (Å²) in [5.41, 5.74) is 0.141. The zero-order valence-corrected chi connectivity index (χ0v) is 18.9. The summed E-state index contributed by atoms with van der Waals surface area (Å²) in [5, 5.41) is 8.39. The Hall–Kier alpha value is -3.33. The Kier molecular flexibility index (Phi) is 7.98. The van der Waals surface area contributed by atoms with Gasteiger partial charge in [0.15, 0.2) is 0 Å². The van der Waals surface area contributed by atoms with Crippen LogP contribution in [0.1, 0.15) is 27.0 Å². The number of carbonyl (C=O) groups excluding carboxylic acids is 1. The maximum atomic E-state index is 13.6. The van der Waals surface area contributed by atoms with Crippen molar-refractivity contribution in [1.29, 1.82) is 0 Å². The third-order valence-electron chi connectivity index (χ3n) is 5.24. The number of carboxylic acid groups (broad SMARTS) is 1. The molecule has 0 spiro atoms. The lowest BCUT2D eigenvalue weighted by molar-refractivity contribution is -0.138. The van der Waals surface area contributed by atoms with Crippen LogP contribution in [0.15, 0.2) is 72.8 Å². The molecule has 1 N–H and O–H groups in total. The van der Waals surface area contributed by atoms with Gasteiger partial charge in [-0.1, -0.05) is 30.3 Å². The van der Waals surface area contributed by atoms with E-state index in [0.29, 0.717) is 5.56 Å². The molecule has 1 amide bonds. The molecule has 0 heterocycles. The van der Waals surface area contributed by atoms with E-state index in [1.807, 2.05) is 0 Å². The molecule has 4 nitrogen and oxygen atoms in total. The van der Waals surface area contributed by atoms with Crippen molar-refractivity contribution in [2.45, 2.75) is 24.4 Å². The highest BCUT2D eigenvalue weighted by molar-refractivity contribution is 7.99. The smallest absolute Gasteiger partial charge is 0.416 e. The van der Waals surface area contributed by atoms with Crippen molar-refractivity contribution in [3.05, 3.63) is 101 Å². The van der Waals surface area contributed by atoms with E-state index in [4.69, 9.17) is 5.11 Å². The van der Waals surface area contributed by atoms with Crippen LogP contribution in [0.25, 0.3) is 0 Å². The minimum Gasteiger partial charge on any atom is -0.478 e. The number of carboxylic acids is 1. The second-order valence-electron chi connectivity index (χ2n) is 7.49. The van der Waals surface area contributed by atoms with E-state index in [0.717, 1.165) is 18.2 Å². The number of alkyl halides is 3. The van der Waals surface area contributed by atoms with Gasteiger partial charge in [-0.2, -0.15) is 24.9 Å². The van der Waals surface area contributed by atoms with E-state index >= 15 is 0 Å². The van der Waals surface area contributed by atoms with E-state index < -0.39 is 34.7 Å². The minimum atomic E-state index is -4.60. The fourth-order valence-corrected chi connectivity index (χ4v) is 4.15. The standard InChI is InChI=1S/C25H21F4NO3S/c1-34-22(14-16-6-8-17(9-7-16)24(32)33)23(31)30(20-12-10-19(26)11-13-20)15-18-4-2-3-5-21(18)25(27,28)29/h2-13,22H,14-15H2,1H3,(H,32,33). The van der Waals surface area contributed by atoms with E-state index in [1.54, 1.807) is 18.4 Å². The minimum absolute atomic E-state index is 0.0849. The molecule has 0 saturated carbocycles. The topological polar surface area (TPSA) is 57.6 Å². The molecule has 0 aliphatic heterocycles. The fraction of sp³-hybridized carbons (Fsp3) is 0.200. The Morgan fingerprint density at radius 1 is 0.971 bits per heavy atom. The predicted molar refractivity (Wildman–Crippen MR) is 123 cm³/mol. The summed E-state index contributed by atoms with van der Waals surface area (Å²) in [6.45, 7) is -0.352. The van der Waals surface area contributed by atoms with Gasteiger partial charge in [-0.25, -0.2) is 9.18 Å². The van der Waals surface area contributed by atoms with Crippen LogP contribution in [-0.2, 0) is 23.9 Å². The van der Waals surface area contributed by atoms with Gasteiger partial charge in [0.1, 0.15) is 5.82 Å². The molecular weight excluding hydrogens is 470 g/mol. The van der Waals surface area contributed by atoms with Crippen molar-refractivity contribution < 1.29 is 32.3 Å². The monoisotopic (exact) mass is 491 g/mol. The van der Waals surface area contributed by atoms with Crippen molar-refractivity contribution in [2.75, 3.05) is 11.2 Å². The molecule has 0 fully saturated rings. The van der Waals surface area contributed by atoms with E-state index in [-0.39, 0.29) is 29.8 Å². The van der Waals surface area contributed by atoms with Crippen LogP contribution in [0.3, 0.4) is 0 Å². The highest BCUT2D eigenvalue weighted by Crippen LogP contribution is 2.33. The number of aromatic carboxylic acids is 1. The molecule has 0 saturated heterocycles. The maximum absolute atomic E-state index is 13.6. The first-order chi connectivity index (χ1) is 16.1. The van der Waals surface area contributed by atoms with E-state index in [9.17, 15) is 27.2 Å². The lowest BCUT2D eigenvalue weighted by atomic mass is 10.0. The van der Waals surface area contributed by atoms with Crippen LogP contribution >= 0.6 is 11.8 Å². The lowest BCUT2D eigenvalue weighted by Gasteiger charge is -2.28. The number of halogens is 4. The molecule has 0 aromatic heterocycles. The summed E-state index contributed by atoms with van der Waals surface area (Å²) in [4.78, 5) is 25.8. The summed E-state index contributed by atoms with van der Waals surface area (Å²) >= 11 is 1.23. The van der Waals surface area contributed by atoms with E-state index in [2.05, 4.69) is 0 Å². The van der Waals surface area contributed by atoms with Crippen LogP contribution < -0.4 is 4.90 Å². The molecule has 0 bridgehead atoms. The summed E-state index contributed by atoms with van der Waals surface area (Å²) in [6.07, 6.45) is -2.65. The number of carbonyl (C=O) groups is 2. The molecule has 3 aromatic rings. The van der Waals surface area contributed by atoms with Crippen LogP contribution in [-0.4, -0.2) is 28.5 Å². The molecular formula is C25H21F4NO3S. The van der Waals surface area contributed by atoms with Gasteiger partial charge in [-0.05, 0) is 66.3 Å². The molecule has 9 heteroatoms. The number of anilines is 1. The first-order valence-corrected chi connectivity index (χ1v) is 11.5. The number of amides is 1. The Bertz CT molecular complexity index is 1150. The molecule has 0 aliphatic rings. The first-order valence-electron chi connectivity index (χ1n) is 10.2. The van der Waals surface area contributed by atoms with Gasteiger partial charge in [0.25, 0.3) is 0 Å². The lowest BCUT2D eigenvalue weighted by Crippen LogP contribution is -2.39. The summed E-state index contributed by atoms with van der Waals surface area (Å²) in [5.74, 6) is -2.06. The second-order valence-corrected chi connectivity index (χ2v) is 8.53. The number of benzene rings is 3. The second kappa shape index (κ2) is 10.7. The van der Waals surface area contributed by atoms with Crippen LogP contribution in [0.5, 0.6) is 0 Å². The SMILES string of the molecule is CSC(Cc1ccc(C(=O)O)cc1)C(=O)N(Cc1ccccc1C(F)(F)F)c1ccc(F)cc1. The number of thioether (sulfide) groups is 1. The summed E-state index contributed by atoms with van der Waals surface area (Å²) in [7, 11) is 0. The van der Waals surface area contributed by atoms with Gasteiger partial charge >= 0.3 is 12.1 Å². The predicted octanol–water partition coefficient (Wildman–Crippen LogP) is 6.05. The van der Waals surface area contributed by atoms with Crippen molar-refractivity contribution in [3.8, 4) is 0 Å². The Morgan fingerprint density at radius 3 is 2.15 bits per heavy atom. The van der Waals surface area contributed by atoms with Crippen molar-refractivity contribution >= 4 is 29.3 Å². The number of hydrogen-bond donors (Lipinski definition) is 1. The van der Waals surface area contributed by atoms with Gasteiger partial charge in [-0.3, -0.25) is 4.79 Å². The van der Waals surface area contributed by atoms with Gasteiger partial charge in [0.2, 0.25) is 5.91 Å². The normalized spacial score (nSPS) is 12.3. The van der Waals surface area contributed by atoms with Crippen molar-refractivity contribution in [2.24, 2.45) is 0 Å². The molecule has 0 radical (unpaired) electrons. The quantitative estimate of drug-likeness (QED) is 0.390. The Labute approximate surface area is 198 Å². The first kappa shape index (κ1) is 25.3. The molecule has 0 aliphatic carbocycles. The largest absolute Gasteiger partial charge is 0.478 e. The van der Waals surface area contributed by atoms with Gasteiger partial charge in [-0.15, -0.1) is 0 Å². The maximum Gasteiger partial charge on any atom is 0.416 e. The Morgan fingerprint density at radius 2 is 1.59 bits per heavy atom. The van der Waals surface area contributed by atoms with Gasteiger partial charge in [0, 0.05) is 5.69 Å². The molecule has 34 heavy (non-hydrogen) atoms. The molecule has 178 valence electrons. The third kappa shape index (κ3) is 6.17. The molecule has 3 rings (SSSR count). The number of rotatable bonds is 8. The van der Waals surface area contributed by atoms with Gasteiger partial charge in [0.05, 0.1) is 22.9 Å². The zero-order valence-electron chi connectivity index (χ0n) is 18.1. The van der Waals surface area contributed by atoms with Gasteiger partial charge < -0.3 is 10.0 Å². The van der Waals surface area contributed by atoms with E-state index in [1.165, 1.54) is 59.1 Å². The van der Waals surface area contributed by atoms with Crippen molar-refractivity contribution in [1.82, 2.24) is 0 Å². The van der Waals surface area contributed by atoms with Crippen LogP contribution in [0, 0.1) is 5.82 Å². The number of nitrogens with zero attached hydrogens (tertiary/aromatic N) is 1. The highest BCUT2D eigenvalue weighted by atomic mass is 32.2. The van der Waals surface area contributed by atoms with Crippen LogP contribution in [0.4, 0.5) is 23.2 Å². The summed E-state index contributed by atoms with van der Waals surface area (Å²) < 4.78 is 54.2. The van der Waals surface area contributed by atoms with Crippen LogP contribution in [0.2, 0.25) is 0 Å². The fourth-order valence-electron chi connectivity index (χ4n) is 3.47.